The summed E-state index contributed by atoms with van der Waals surface area (Å²) in [6.45, 7) is 0. The molecule has 1 rings (SSSR count). The van der Waals surface area contributed by atoms with Gasteiger partial charge in [0.2, 0.25) is 0 Å². The summed E-state index contributed by atoms with van der Waals surface area (Å²) in [7, 11) is 0. The normalized spacial score (nSPS) is 10.1. The lowest BCUT2D eigenvalue weighted by Gasteiger charge is -1.92. The van der Waals surface area contributed by atoms with Gasteiger partial charge in [0.1, 0.15) is 0 Å². The number of thioether (sulfide) groups is 1. The molecule has 0 radical (unpaired) electrons. The summed E-state index contributed by atoms with van der Waals surface area (Å²) in [6, 6.07) is 0. The third kappa shape index (κ3) is 2.90. The van der Waals surface area contributed by atoms with Crippen LogP contribution in [0.3, 0.4) is 0 Å². The summed E-state index contributed by atoms with van der Waals surface area (Å²) in [6.07, 6.45) is 1.82. The summed E-state index contributed by atoms with van der Waals surface area (Å²) in [5, 5.41) is 0. The van der Waals surface area contributed by atoms with Crippen molar-refractivity contribution in [1.82, 2.24) is 8.75 Å². The summed E-state index contributed by atoms with van der Waals surface area (Å²) in [5.74, 6) is 2.99. The van der Waals surface area contributed by atoms with E-state index >= 15 is 0 Å². The van der Waals surface area contributed by atoms with E-state index < -0.39 is 0 Å². The summed E-state index contributed by atoms with van der Waals surface area (Å²) in [4.78, 5) is 0. The maximum Gasteiger partial charge on any atom is 0.0841 e. The van der Waals surface area contributed by atoms with Gasteiger partial charge in [0.25, 0.3) is 0 Å². The predicted octanol–water partition coefficient (Wildman–Crippen LogP) is 1.70. The van der Waals surface area contributed by atoms with Gasteiger partial charge in [0.15, 0.2) is 0 Å². The Kier molecular flexibility index (Phi) is 4.16. The number of thiol groups is 1. The molecule has 1 aromatic heterocycles. The van der Waals surface area contributed by atoms with Gasteiger partial charge in [-0.3, -0.25) is 0 Å². The second-order valence-corrected chi connectivity index (χ2v) is 3.78. The van der Waals surface area contributed by atoms with Crippen LogP contribution in [0.1, 0.15) is 5.69 Å². The maximum atomic E-state index is 4.10. The van der Waals surface area contributed by atoms with Crippen molar-refractivity contribution in [2.24, 2.45) is 0 Å². The van der Waals surface area contributed by atoms with Gasteiger partial charge >= 0.3 is 0 Å². The number of nitrogens with zero attached hydrogens (tertiary/aromatic N) is 2. The van der Waals surface area contributed by atoms with E-state index in [1.165, 1.54) is 11.7 Å². The van der Waals surface area contributed by atoms with Crippen molar-refractivity contribution in [2.45, 2.75) is 5.75 Å². The lowest BCUT2D eigenvalue weighted by atomic mass is 10.6. The Balaban J connectivity index is 2.15. The molecule has 0 aliphatic carbocycles. The molecule has 0 aliphatic rings. The van der Waals surface area contributed by atoms with E-state index in [1.54, 1.807) is 0 Å². The summed E-state index contributed by atoms with van der Waals surface area (Å²) in [5.41, 5.74) is 1.08. The van der Waals surface area contributed by atoms with Crippen LogP contribution in [0, 0.1) is 0 Å². The number of rotatable bonds is 4. The van der Waals surface area contributed by atoms with Gasteiger partial charge < -0.3 is 0 Å². The molecule has 0 amide bonds. The molecule has 0 bridgehead atoms. The Bertz CT molecular complexity index is 163. The zero-order chi connectivity index (χ0) is 7.23. The minimum atomic E-state index is 0.933. The van der Waals surface area contributed by atoms with E-state index in [1.807, 2.05) is 18.0 Å². The average molecular weight is 192 g/mol. The zero-order valence-electron chi connectivity index (χ0n) is 5.36. The van der Waals surface area contributed by atoms with Crippen LogP contribution in [-0.2, 0) is 5.75 Å². The maximum absolute atomic E-state index is 4.10. The number of aromatic nitrogens is 2. The fourth-order valence-electron chi connectivity index (χ4n) is 0.489. The van der Waals surface area contributed by atoms with E-state index in [2.05, 4.69) is 21.4 Å². The highest BCUT2D eigenvalue weighted by atomic mass is 32.2. The van der Waals surface area contributed by atoms with Crippen LogP contribution in [0.4, 0.5) is 0 Å². The summed E-state index contributed by atoms with van der Waals surface area (Å²) < 4.78 is 7.97. The fraction of sp³-hybridized carbons (Fsp3) is 0.600. The van der Waals surface area contributed by atoms with Gasteiger partial charge in [0.05, 0.1) is 23.6 Å². The lowest BCUT2D eigenvalue weighted by Crippen LogP contribution is -1.82. The molecule has 0 aliphatic heterocycles. The van der Waals surface area contributed by atoms with E-state index in [0.717, 1.165) is 23.0 Å². The van der Waals surface area contributed by atoms with Gasteiger partial charge in [-0.15, -0.1) is 0 Å². The molecule has 0 saturated heterocycles. The minimum Gasteiger partial charge on any atom is -0.181 e. The molecule has 0 atom stereocenters. The highest BCUT2D eigenvalue weighted by Gasteiger charge is 1.94. The molecule has 1 aromatic rings. The quantitative estimate of drug-likeness (QED) is 0.581. The van der Waals surface area contributed by atoms with Crippen molar-refractivity contribution in [2.75, 3.05) is 11.5 Å². The third-order valence-corrected chi connectivity index (χ3v) is 2.93. The Morgan fingerprint density at radius 1 is 1.70 bits per heavy atom. The molecule has 0 saturated carbocycles. The van der Waals surface area contributed by atoms with Crippen LogP contribution >= 0.6 is 36.1 Å². The molecule has 0 spiro atoms. The molecule has 5 heteroatoms. The van der Waals surface area contributed by atoms with Gasteiger partial charge in [-0.25, -0.2) is 0 Å². The Hall–Kier alpha value is 0.260. The van der Waals surface area contributed by atoms with Crippen LogP contribution in [0.15, 0.2) is 6.20 Å². The standard InChI is InChI=1S/C5H8N2S3/c8-1-2-9-4-5-3-6-10-7-5/h3,8H,1-2,4H2. The van der Waals surface area contributed by atoms with Gasteiger partial charge in [-0.1, -0.05) is 0 Å². The first-order valence-corrected chi connectivity index (χ1v) is 5.40. The number of hydrogen-bond donors (Lipinski definition) is 1. The molecule has 1 heterocycles. The molecular weight excluding hydrogens is 184 g/mol. The SMILES string of the molecule is SCCSCc1cnsn1. The van der Waals surface area contributed by atoms with Crippen molar-refractivity contribution in [3.05, 3.63) is 11.9 Å². The largest absolute Gasteiger partial charge is 0.181 e. The first-order chi connectivity index (χ1) is 4.93. The van der Waals surface area contributed by atoms with Crippen molar-refractivity contribution >= 4 is 36.1 Å². The monoisotopic (exact) mass is 192 g/mol. The smallest absolute Gasteiger partial charge is 0.0841 e. The Morgan fingerprint density at radius 2 is 2.60 bits per heavy atom. The second kappa shape index (κ2) is 4.98. The molecule has 0 unspecified atom stereocenters. The summed E-state index contributed by atoms with van der Waals surface area (Å²) >= 11 is 7.20. The third-order valence-electron chi connectivity index (χ3n) is 0.893. The van der Waals surface area contributed by atoms with Crippen molar-refractivity contribution in [1.29, 1.82) is 0 Å². The average Bonchev–Trinajstić information content (AvgIpc) is 2.41. The predicted molar refractivity (Wildman–Crippen MR) is 49.9 cm³/mol. The zero-order valence-corrected chi connectivity index (χ0v) is 7.88. The van der Waals surface area contributed by atoms with Crippen LogP contribution < -0.4 is 0 Å². The van der Waals surface area contributed by atoms with Crippen LogP contribution in [0.2, 0.25) is 0 Å². The van der Waals surface area contributed by atoms with Crippen molar-refractivity contribution in [3.8, 4) is 0 Å². The van der Waals surface area contributed by atoms with Gasteiger partial charge in [-0.2, -0.15) is 33.1 Å². The van der Waals surface area contributed by atoms with Crippen LogP contribution in [0.5, 0.6) is 0 Å². The van der Waals surface area contributed by atoms with E-state index in [0.29, 0.717) is 0 Å². The molecule has 2 nitrogen and oxygen atoms in total. The molecule has 56 valence electrons. The first kappa shape index (κ1) is 8.36. The van der Waals surface area contributed by atoms with E-state index in [-0.39, 0.29) is 0 Å². The molecular formula is C5H8N2S3. The topological polar surface area (TPSA) is 25.8 Å². The van der Waals surface area contributed by atoms with E-state index in [4.69, 9.17) is 0 Å². The Labute approximate surface area is 74.2 Å². The molecule has 10 heavy (non-hydrogen) atoms. The second-order valence-electron chi connectivity index (χ2n) is 1.67. The molecule has 0 aromatic carbocycles. The van der Waals surface area contributed by atoms with Crippen molar-refractivity contribution in [3.63, 3.8) is 0 Å². The highest BCUT2D eigenvalue weighted by molar-refractivity contribution is 7.99. The first-order valence-electron chi connectivity index (χ1n) is 2.88. The number of hydrogen-bond acceptors (Lipinski definition) is 5. The fourth-order valence-corrected chi connectivity index (χ4v) is 2.01. The van der Waals surface area contributed by atoms with Gasteiger partial charge in [0, 0.05) is 11.5 Å². The Morgan fingerprint density at radius 3 is 3.20 bits per heavy atom. The minimum absolute atomic E-state index is 0.933. The highest BCUT2D eigenvalue weighted by Crippen LogP contribution is 2.09. The molecule has 0 N–H and O–H groups in total. The molecule has 0 fully saturated rings. The van der Waals surface area contributed by atoms with Gasteiger partial charge in [-0.05, 0) is 5.75 Å². The van der Waals surface area contributed by atoms with Crippen LogP contribution in [-0.4, -0.2) is 20.3 Å². The van der Waals surface area contributed by atoms with E-state index in [9.17, 15) is 0 Å². The van der Waals surface area contributed by atoms with Crippen molar-refractivity contribution < 1.29 is 0 Å². The van der Waals surface area contributed by atoms with Crippen LogP contribution in [0.25, 0.3) is 0 Å². The lowest BCUT2D eigenvalue weighted by molar-refractivity contribution is 1.28.